The summed E-state index contributed by atoms with van der Waals surface area (Å²) >= 11 is 0. The summed E-state index contributed by atoms with van der Waals surface area (Å²) in [7, 11) is 3.56. The van der Waals surface area contributed by atoms with Gasteiger partial charge in [0.25, 0.3) is 0 Å². The van der Waals surface area contributed by atoms with Gasteiger partial charge in [-0.3, -0.25) is 14.4 Å². The second-order valence-corrected chi connectivity index (χ2v) is 6.83. The Morgan fingerprint density at radius 3 is 1.43 bits per heavy atom. The summed E-state index contributed by atoms with van der Waals surface area (Å²) in [5.41, 5.74) is 0. The molecule has 0 aliphatic carbocycles. The molecule has 162 valence electrons. The number of hydrogen-bond acceptors (Lipinski definition) is 5. The van der Waals surface area contributed by atoms with Crippen molar-refractivity contribution in [2.75, 3.05) is 27.2 Å². The number of carbonyl (C=O) groups is 3. The maximum atomic E-state index is 12.0. The number of amides is 2. The van der Waals surface area contributed by atoms with Crippen LogP contribution in [0.15, 0.2) is 0 Å². The quantitative estimate of drug-likeness (QED) is 0.423. The lowest BCUT2D eigenvalue weighted by Crippen LogP contribution is -2.37. The van der Waals surface area contributed by atoms with E-state index in [9.17, 15) is 14.4 Å². The fourth-order valence-electron chi connectivity index (χ4n) is 2.54. The van der Waals surface area contributed by atoms with Gasteiger partial charge in [-0.05, 0) is 19.3 Å². The molecule has 0 saturated heterocycles. The number of rotatable bonds is 15. The summed E-state index contributed by atoms with van der Waals surface area (Å²) in [6.45, 7) is 3.26. The number of nitrogens with zero attached hydrogens (tertiary/aromatic N) is 2. The molecule has 2 amide bonds. The number of carboxylic acid groups (broad SMARTS) is 1. The predicted molar refractivity (Wildman–Crippen MR) is 104 cm³/mol. The van der Waals surface area contributed by atoms with Crippen molar-refractivity contribution in [3.63, 3.8) is 0 Å². The zero-order valence-corrected chi connectivity index (χ0v) is 17.6. The van der Waals surface area contributed by atoms with E-state index in [1.165, 1.54) is 6.42 Å². The van der Waals surface area contributed by atoms with Crippen LogP contribution in [0.4, 0.5) is 0 Å². The van der Waals surface area contributed by atoms with E-state index in [1.807, 2.05) is 0 Å². The molecule has 0 unspecified atom stereocenters. The van der Waals surface area contributed by atoms with Crippen molar-refractivity contribution in [1.82, 2.24) is 9.80 Å². The molecule has 0 heterocycles. The largest absolute Gasteiger partial charge is 0.481 e. The molecular formula is C20H36N2O6. The Morgan fingerprint density at radius 1 is 0.714 bits per heavy atom. The second kappa shape index (κ2) is 19.5. The van der Waals surface area contributed by atoms with Crippen LogP contribution in [0.1, 0.15) is 77.6 Å². The first-order chi connectivity index (χ1) is 13.3. The Labute approximate surface area is 168 Å². The minimum atomic E-state index is -0.764. The number of aliphatic carboxylic acids is 1. The zero-order chi connectivity index (χ0) is 21.8. The topological polar surface area (TPSA) is 112 Å². The van der Waals surface area contributed by atoms with Gasteiger partial charge in [0.15, 0.2) is 0 Å². The van der Waals surface area contributed by atoms with Crippen molar-refractivity contribution in [2.45, 2.75) is 77.6 Å². The first-order valence-corrected chi connectivity index (χ1v) is 9.99. The molecule has 0 aromatic carbocycles. The average molecular weight is 401 g/mol. The fraction of sp³-hybridized carbons (Fsp3) is 0.800. The monoisotopic (exact) mass is 400 g/mol. The Kier molecular flexibility index (Phi) is 19.6. The molecule has 0 radical (unpaired) electrons. The predicted octanol–water partition coefficient (Wildman–Crippen LogP) is 2.72. The van der Waals surface area contributed by atoms with Gasteiger partial charge < -0.3 is 14.9 Å². The number of carboxylic acids is 1. The summed E-state index contributed by atoms with van der Waals surface area (Å²) < 4.78 is 0. The van der Waals surface area contributed by atoms with Crippen LogP contribution in [0.25, 0.3) is 0 Å². The van der Waals surface area contributed by atoms with Crippen LogP contribution in [-0.4, -0.2) is 66.0 Å². The van der Waals surface area contributed by atoms with Crippen LogP contribution < -0.4 is 0 Å². The van der Waals surface area contributed by atoms with Crippen LogP contribution in [0.2, 0.25) is 0 Å². The third-order valence-corrected chi connectivity index (χ3v) is 4.40. The van der Waals surface area contributed by atoms with Crippen molar-refractivity contribution in [1.29, 1.82) is 0 Å². The van der Waals surface area contributed by atoms with Crippen molar-refractivity contribution >= 4 is 23.9 Å². The first kappa shape index (κ1) is 28.0. The normalized spacial score (nSPS) is 9.68. The lowest BCUT2D eigenvalue weighted by atomic mass is 10.1. The Balaban J connectivity index is 0. The number of unbranched alkanes of at least 4 members (excludes halogenated alkanes) is 6. The highest BCUT2D eigenvalue weighted by molar-refractivity contribution is 5.77. The van der Waals surface area contributed by atoms with Gasteiger partial charge in [-0.25, -0.2) is 0 Å². The van der Waals surface area contributed by atoms with Crippen molar-refractivity contribution in [3.05, 3.63) is 0 Å². The molecule has 0 bridgehead atoms. The fourth-order valence-corrected chi connectivity index (χ4v) is 2.54. The van der Waals surface area contributed by atoms with Crippen LogP contribution in [-0.2, 0) is 24.0 Å². The summed E-state index contributed by atoms with van der Waals surface area (Å²) in [5, 5.41) is 8.56. The molecular weight excluding hydrogens is 364 g/mol. The Morgan fingerprint density at radius 2 is 1.07 bits per heavy atom. The van der Waals surface area contributed by atoms with E-state index in [2.05, 4.69) is 6.92 Å². The molecule has 0 aliphatic rings. The molecule has 28 heavy (non-hydrogen) atoms. The molecule has 0 spiro atoms. The van der Waals surface area contributed by atoms with E-state index in [0.717, 1.165) is 38.5 Å². The molecule has 0 fully saturated rings. The summed E-state index contributed by atoms with van der Waals surface area (Å²) in [6, 6.07) is 0. The van der Waals surface area contributed by atoms with Gasteiger partial charge in [-0.15, -0.1) is 0 Å². The van der Waals surface area contributed by atoms with E-state index in [0.29, 0.717) is 32.4 Å². The first-order valence-electron chi connectivity index (χ1n) is 9.99. The molecule has 1 N–H and O–H groups in total. The number of carbonyl (C=O) groups excluding carboxylic acids is 4. The van der Waals surface area contributed by atoms with Crippen LogP contribution >= 0.6 is 0 Å². The minimum absolute atomic E-state index is 0.0852. The minimum Gasteiger partial charge on any atom is -0.481 e. The highest BCUT2D eigenvalue weighted by atomic mass is 16.4. The molecule has 0 aromatic rings. The van der Waals surface area contributed by atoms with Gasteiger partial charge in [0.2, 0.25) is 11.8 Å². The maximum Gasteiger partial charge on any atom is 0.373 e. The maximum absolute atomic E-state index is 12.0. The lowest BCUT2D eigenvalue weighted by molar-refractivity contribution is -0.191. The van der Waals surface area contributed by atoms with E-state index in [4.69, 9.17) is 14.7 Å². The third kappa shape index (κ3) is 18.6. The Hall–Kier alpha value is -2.21. The van der Waals surface area contributed by atoms with Gasteiger partial charge in [-0.1, -0.05) is 39.0 Å². The number of hydrogen-bond donors (Lipinski definition) is 1. The third-order valence-electron chi connectivity index (χ3n) is 4.40. The van der Waals surface area contributed by atoms with Crippen LogP contribution in [0.3, 0.4) is 0 Å². The van der Waals surface area contributed by atoms with Gasteiger partial charge in [0, 0.05) is 46.4 Å². The van der Waals surface area contributed by atoms with Gasteiger partial charge >= 0.3 is 12.1 Å². The summed E-state index contributed by atoms with van der Waals surface area (Å²) in [4.78, 5) is 54.1. The highest BCUT2D eigenvalue weighted by Gasteiger charge is 2.12. The average Bonchev–Trinajstić information content (AvgIpc) is 2.65. The molecule has 0 atom stereocenters. The standard InChI is InChI=1S/C19H36N2O4.CO2/c1-4-5-6-9-12-17(22)20(2)15-16-21(3)18(23)13-10-7-8-11-14-19(24)25;2-1-3/h4-16H2,1-3H3,(H,24,25);. The number of likely N-dealkylation sites (N-methyl/N-ethyl adjacent to an activating group) is 2. The van der Waals surface area contributed by atoms with E-state index in [1.54, 1.807) is 23.9 Å². The molecule has 0 rings (SSSR count). The molecule has 0 aliphatic heterocycles. The lowest BCUT2D eigenvalue weighted by Gasteiger charge is -2.22. The molecule has 8 heteroatoms. The summed E-state index contributed by atoms with van der Waals surface area (Å²) in [6.07, 6.45) is 9.08. The van der Waals surface area contributed by atoms with Gasteiger partial charge in [-0.2, -0.15) is 9.59 Å². The molecule has 8 nitrogen and oxygen atoms in total. The van der Waals surface area contributed by atoms with Crippen LogP contribution in [0.5, 0.6) is 0 Å². The van der Waals surface area contributed by atoms with Crippen LogP contribution in [0, 0.1) is 0 Å². The van der Waals surface area contributed by atoms with E-state index >= 15 is 0 Å². The Bertz CT molecular complexity index is 475. The smallest absolute Gasteiger partial charge is 0.373 e. The zero-order valence-electron chi connectivity index (χ0n) is 17.6. The van der Waals surface area contributed by atoms with Gasteiger partial charge in [0.1, 0.15) is 0 Å². The second-order valence-electron chi connectivity index (χ2n) is 6.83. The molecule has 0 saturated carbocycles. The summed E-state index contributed by atoms with van der Waals surface area (Å²) in [5.74, 6) is -0.530. The van der Waals surface area contributed by atoms with Crippen molar-refractivity contribution in [3.8, 4) is 0 Å². The van der Waals surface area contributed by atoms with Crippen molar-refractivity contribution in [2.24, 2.45) is 0 Å². The van der Waals surface area contributed by atoms with Gasteiger partial charge in [0.05, 0.1) is 0 Å². The van der Waals surface area contributed by atoms with Crippen molar-refractivity contribution < 1.29 is 29.1 Å². The van der Waals surface area contributed by atoms with E-state index in [-0.39, 0.29) is 24.4 Å². The SMILES string of the molecule is CCCCCCC(=O)N(C)CCN(C)C(=O)CCCCCCC(=O)O.O=C=O. The molecule has 0 aromatic heterocycles. The highest BCUT2D eigenvalue weighted by Crippen LogP contribution is 2.07. The van der Waals surface area contributed by atoms with E-state index < -0.39 is 5.97 Å².